The summed E-state index contributed by atoms with van der Waals surface area (Å²) in [5, 5.41) is 3.53. The molecule has 5 heteroatoms. The number of ether oxygens (including phenoxy) is 1. The van der Waals surface area contributed by atoms with E-state index in [-0.39, 0.29) is 0 Å². The standard InChI is InChI=1S/C16H24Br2N2O/c1-2-21-16-13(10-14(17)11-15(16)18)12-19-6-5-9-20-7-3-4-8-20/h10-11,19H,2-9,12H2,1H3. The lowest BCUT2D eigenvalue weighted by molar-refractivity contribution is 0.327. The van der Waals surface area contributed by atoms with Gasteiger partial charge in [0, 0.05) is 16.6 Å². The first-order valence-corrected chi connectivity index (χ1v) is 9.33. The third kappa shape index (κ3) is 5.55. The Balaban J connectivity index is 1.78. The van der Waals surface area contributed by atoms with Gasteiger partial charge in [0.15, 0.2) is 0 Å². The molecule has 1 aromatic rings. The summed E-state index contributed by atoms with van der Waals surface area (Å²) in [5.74, 6) is 0.952. The molecule has 1 aliphatic heterocycles. The molecule has 118 valence electrons. The quantitative estimate of drug-likeness (QED) is 0.639. The van der Waals surface area contributed by atoms with Crippen LogP contribution in [0.2, 0.25) is 0 Å². The lowest BCUT2D eigenvalue weighted by Gasteiger charge is -2.16. The normalized spacial score (nSPS) is 15.6. The van der Waals surface area contributed by atoms with E-state index in [1.54, 1.807) is 0 Å². The summed E-state index contributed by atoms with van der Waals surface area (Å²) in [4.78, 5) is 2.56. The molecule has 21 heavy (non-hydrogen) atoms. The monoisotopic (exact) mass is 418 g/mol. The molecular formula is C16H24Br2N2O. The van der Waals surface area contributed by atoms with Crippen LogP contribution in [-0.2, 0) is 6.54 Å². The highest BCUT2D eigenvalue weighted by molar-refractivity contribution is 9.11. The minimum Gasteiger partial charge on any atom is -0.492 e. The molecule has 3 nitrogen and oxygen atoms in total. The molecule has 0 bridgehead atoms. The van der Waals surface area contributed by atoms with Crippen molar-refractivity contribution in [2.24, 2.45) is 0 Å². The molecule has 1 saturated heterocycles. The first-order valence-electron chi connectivity index (χ1n) is 7.74. The number of hydrogen-bond acceptors (Lipinski definition) is 3. The van der Waals surface area contributed by atoms with Crippen molar-refractivity contribution in [3.05, 3.63) is 26.6 Å². The average Bonchev–Trinajstić information content (AvgIpc) is 2.95. The van der Waals surface area contributed by atoms with Crippen molar-refractivity contribution in [1.29, 1.82) is 0 Å². The van der Waals surface area contributed by atoms with Crippen LogP contribution >= 0.6 is 31.9 Å². The first kappa shape index (κ1) is 17.3. The van der Waals surface area contributed by atoms with E-state index < -0.39 is 0 Å². The fourth-order valence-corrected chi connectivity index (χ4v) is 4.14. The predicted molar refractivity (Wildman–Crippen MR) is 95.0 cm³/mol. The van der Waals surface area contributed by atoms with Gasteiger partial charge in [-0.15, -0.1) is 0 Å². The summed E-state index contributed by atoms with van der Waals surface area (Å²) in [5.41, 5.74) is 1.19. The van der Waals surface area contributed by atoms with E-state index in [0.717, 1.165) is 27.8 Å². The Morgan fingerprint density at radius 1 is 1.24 bits per heavy atom. The van der Waals surface area contributed by atoms with Crippen LogP contribution in [0.5, 0.6) is 5.75 Å². The van der Waals surface area contributed by atoms with Gasteiger partial charge in [-0.1, -0.05) is 15.9 Å². The Morgan fingerprint density at radius 2 is 2.00 bits per heavy atom. The lowest BCUT2D eigenvalue weighted by Crippen LogP contribution is -2.24. The highest BCUT2D eigenvalue weighted by Gasteiger charge is 2.11. The number of nitrogens with zero attached hydrogens (tertiary/aromatic N) is 1. The molecule has 0 unspecified atom stereocenters. The van der Waals surface area contributed by atoms with Crippen LogP contribution in [0.1, 0.15) is 31.7 Å². The maximum atomic E-state index is 5.75. The van der Waals surface area contributed by atoms with Gasteiger partial charge >= 0.3 is 0 Å². The van der Waals surface area contributed by atoms with E-state index in [1.807, 2.05) is 13.0 Å². The number of nitrogens with one attached hydrogen (secondary N) is 1. The predicted octanol–water partition coefficient (Wildman–Crippen LogP) is 4.19. The summed E-state index contributed by atoms with van der Waals surface area (Å²) in [6.45, 7) is 8.37. The minimum absolute atomic E-state index is 0.683. The molecule has 1 heterocycles. The van der Waals surface area contributed by atoms with Gasteiger partial charge in [-0.25, -0.2) is 0 Å². The zero-order valence-corrected chi connectivity index (χ0v) is 15.8. The van der Waals surface area contributed by atoms with E-state index in [9.17, 15) is 0 Å². The maximum absolute atomic E-state index is 5.75. The summed E-state index contributed by atoms with van der Waals surface area (Å²) < 4.78 is 7.83. The Bertz CT molecular complexity index is 448. The molecule has 1 N–H and O–H groups in total. The molecule has 0 amide bonds. The van der Waals surface area contributed by atoms with E-state index >= 15 is 0 Å². The SMILES string of the molecule is CCOc1c(Br)cc(Br)cc1CNCCCN1CCCC1. The van der Waals surface area contributed by atoms with Gasteiger partial charge in [0.2, 0.25) is 0 Å². The van der Waals surface area contributed by atoms with E-state index in [4.69, 9.17) is 4.74 Å². The molecule has 0 spiro atoms. The van der Waals surface area contributed by atoms with Crippen molar-refractivity contribution in [1.82, 2.24) is 10.2 Å². The third-order valence-corrected chi connectivity index (χ3v) is 4.76. The highest BCUT2D eigenvalue weighted by Crippen LogP contribution is 2.32. The second-order valence-corrected chi connectivity index (χ2v) is 7.16. The van der Waals surface area contributed by atoms with Crippen LogP contribution in [0.3, 0.4) is 0 Å². The molecule has 0 aliphatic carbocycles. The maximum Gasteiger partial charge on any atom is 0.138 e. The molecular weight excluding hydrogens is 396 g/mol. The third-order valence-electron chi connectivity index (χ3n) is 3.72. The number of likely N-dealkylation sites (tertiary alicyclic amines) is 1. The second-order valence-electron chi connectivity index (χ2n) is 5.39. The Labute approximate surface area is 144 Å². The molecule has 0 radical (unpaired) electrons. The van der Waals surface area contributed by atoms with Gasteiger partial charge in [0.1, 0.15) is 5.75 Å². The van der Waals surface area contributed by atoms with E-state index in [1.165, 1.54) is 44.5 Å². The van der Waals surface area contributed by atoms with E-state index in [2.05, 4.69) is 48.1 Å². The van der Waals surface area contributed by atoms with Gasteiger partial charge < -0.3 is 15.0 Å². The van der Waals surface area contributed by atoms with Crippen LogP contribution in [0.15, 0.2) is 21.1 Å². The number of hydrogen-bond donors (Lipinski definition) is 1. The van der Waals surface area contributed by atoms with Crippen molar-refractivity contribution in [3.63, 3.8) is 0 Å². The summed E-state index contributed by atoms with van der Waals surface area (Å²) in [6.07, 6.45) is 3.95. The van der Waals surface area contributed by atoms with Crippen molar-refractivity contribution in [2.75, 3.05) is 32.8 Å². The van der Waals surface area contributed by atoms with Crippen LogP contribution in [0, 0.1) is 0 Å². The fraction of sp³-hybridized carbons (Fsp3) is 0.625. The van der Waals surface area contributed by atoms with Gasteiger partial charge in [-0.2, -0.15) is 0 Å². The van der Waals surface area contributed by atoms with Crippen molar-refractivity contribution in [3.8, 4) is 5.75 Å². The number of halogens is 2. The van der Waals surface area contributed by atoms with Crippen molar-refractivity contribution >= 4 is 31.9 Å². The summed E-state index contributed by atoms with van der Waals surface area (Å²) in [6, 6.07) is 4.16. The largest absolute Gasteiger partial charge is 0.492 e. The second kappa shape index (κ2) is 9.13. The van der Waals surface area contributed by atoms with Gasteiger partial charge in [0.25, 0.3) is 0 Å². The van der Waals surface area contributed by atoms with Crippen molar-refractivity contribution < 1.29 is 4.74 Å². The molecule has 0 atom stereocenters. The molecule has 0 saturated carbocycles. The van der Waals surface area contributed by atoms with Crippen LogP contribution in [0.4, 0.5) is 0 Å². The first-order chi connectivity index (χ1) is 10.2. The zero-order valence-electron chi connectivity index (χ0n) is 12.6. The fourth-order valence-electron chi connectivity index (χ4n) is 2.71. The van der Waals surface area contributed by atoms with Crippen molar-refractivity contribution in [2.45, 2.75) is 32.7 Å². The molecule has 0 aromatic heterocycles. The molecule has 1 fully saturated rings. The van der Waals surface area contributed by atoms with E-state index in [0.29, 0.717) is 6.61 Å². The van der Waals surface area contributed by atoms with Gasteiger partial charge in [-0.3, -0.25) is 0 Å². The van der Waals surface area contributed by atoms with Crippen LogP contribution < -0.4 is 10.1 Å². The smallest absolute Gasteiger partial charge is 0.138 e. The van der Waals surface area contributed by atoms with Gasteiger partial charge in [0.05, 0.1) is 11.1 Å². The summed E-state index contributed by atoms with van der Waals surface area (Å²) in [7, 11) is 0. The zero-order chi connectivity index (χ0) is 15.1. The molecule has 1 aliphatic rings. The number of rotatable bonds is 8. The lowest BCUT2D eigenvalue weighted by atomic mass is 10.2. The minimum atomic E-state index is 0.683. The highest BCUT2D eigenvalue weighted by atomic mass is 79.9. The van der Waals surface area contributed by atoms with Gasteiger partial charge in [-0.05, 0) is 80.4 Å². The topological polar surface area (TPSA) is 24.5 Å². The Hall–Kier alpha value is -0.100. The Kier molecular flexibility index (Phi) is 7.50. The van der Waals surface area contributed by atoms with Crippen LogP contribution in [-0.4, -0.2) is 37.7 Å². The molecule has 2 rings (SSSR count). The molecule has 1 aromatic carbocycles. The Morgan fingerprint density at radius 3 is 2.71 bits per heavy atom. The van der Waals surface area contributed by atoms with Crippen LogP contribution in [0.25, 0.3) is 0 Å². The average molecular weight is 420 g/mol. The number of benzene rings is 1. The summed E-state index contributed by atoms with van der Waals surface area (Å²) >= 11 is 7.12.